The zero-order valence-electron chi connectivity index (χ0n) is 9.90. The van der Waals surface area contributed by atoms with Crippen molar-refractivity contribution in [3.63, 3.8) is 0 Å². The van der Waals surface area contributed by atoms with Gasteiger partial charge in [-0.1, -0.05) is 13.8 Å². The first-order valence-electron chi connectivity index (χ1n) is 5.93. The normalized spacial score (nSPS) is 26.6. The van der Waals surface area contributed by atoms with Crippen molar-refractivity contribution in [1.29, 1.82) is 0 Å². The highest BCUT2D eigenvalue weighted by atomic mass is 15.1. The third-order valence-corrected chi connectivity index (χ3v) is 3.48. The largest absolute Gasteiger partial charge is 0.337 e. The molecule has 1 heterocycles. The number of aromatic nitrogens is 2. The molecule has 0 amide bonds. The van der Waals surface area contributed by atoms with E-state index in [9.17, 15) is 0 Å². The van der Waals surface area contributed by atoms with Gasteiger partial charge in [-0.2, -0.15) is 0 Å². The van der Waals surface area contributed by atoms with E-state index < -0.39 is 0 Å². The lowest BCUT2D eigenvalue weighted by atomic mass is 10.2. The smallest absolute Gasteiger partial charge is 0.125 e. The summed E-state index contributed by atoms with van der Waals surface area (Å²) in [5.74, 6) is 2.99. The van der Waals surface area contributed by atoms with Crippen LogP contribution in [0, 0.1) is 11.8 Å². The zero-order chi connectivity index (χ0) is 10.8. The van der Waals surface area contributed by atoms with Gasteiger partial charge >= 0.3 is 0 Å². The molecule has 0 bridgehead atoms. The van der Waals surface area contributed by atoms with Crippen LogP contribution in [0.5, 0.6) is 0 Å². The second-order valence-electron chi connectivity index (χ2n) is 4.74. The summed E-state index contributed by atoms with van der Waals surface area (Å²) >= 11 is 0. The molecular formula is C12H21N3. The van der Waals surface area contributed by atoms with Crippen LogP contribution in [0.25, 0.3) is 0 Å². The Labute approximate surface area is 91.9 Å². The first-order chi connectivity index (χ1) is 7.22. The van der Waals surface area contributed by atoms with Crippen LogP contribution in [0.15, 0.2) is 12.4 Å². The fourth-order valence-electron chi connectivity index (χ4n) is 2.11. The molecule has 1 aliphatic rings. The molecule has 84 valence electrons. The predicted octanol–water partition coefficient (Wildman–Crippen LogP) is 2.12. The van der Waals surface area contributed by atoms with Crippen molar-refractivity contribution >= 4 is 0 Å². The number of rotatable bonds is 5. The van der Waals surface area contributed by atoms with E-state index in [1.807, 2.05) is 12.4 Å². The highest BCUT2D eigenvalue weighted by Crippen LogP contribution is 2.37. The number of aryl methyl sites for hydroxylation is 1. The fraction of sp³-hybridized carbons (Fsp3) is 0.750. The summed E-state index contributed by atoms with van der Waals surface area (Å²) in [6.45, 7) is 5.68. The Balaban J connectivity index is 1.90. The predicted molar refractivity (Wildman–Crippen MR) is 61.5 cm³/mol. The molecule has 1 aromatic rings. The van der Waals surface area contributed by atoms with Crippen LogP contribution in [-0.2, 0) is 7.05 Å². The van der Waals surface area contributed by atoms with Gasteiger partial charge in [0, 0.05) is 19.4 Å². The summed E-state index contributed by atoms with van der Waals surface area (Å²) < 4.78 is 2.11. The van der Waals surface area contributed by atoms with Crippen molar-refractivity contribution in [3.05, 3.63) is 18.2 Å². The van der Waals surface area contributed by atoms with E-state index in [2.05, 4.69) is 35.8 Å². The van der Waals surface area contributed by atoms with Crippen LogP contribution < -0.4 is 5.32 Å². The van der Waals surface area contributed by atoms with E-state index in [0.717, 1.165) is 30.6 Å². The van der Waals surface area contributed by atoms with Gasteiger partial charge in [0.2, 0.25) is 0 Å². The molecular weight excluding hydrogens is 186 g/mol. The van der Waals surface area contributed by atoms with Crippen molar-refractivity contribution in [3.8, 4) is 0 Å². The Morgan fingerprint density at radius 3 is 2.87 bits per heavy atom. The number of hydrogen-bond acceptors (Lipinski definition) is 2. The van der Waals surface area contributed by atoms with Crippen LogP contribution in [0.4, 0.5) is 0 Å². The molecule has 0 saturated heterocycles. The zero-order valence-corrected chi connectivity index (χ0v) is 9.90. The van der Waals surface area contributed by atoms with Gasteiger partial charge < -0.3 is 9.88 Å². The monoisotopic (exact) mass is 207 g/mol. The molecule has 3 heteroatoms. The van der Waals surface area contributed by atoms with Crippen molar-refractivity contribution in [2.45, 2.75) is 32.7 Å². The Bertz CT molecular complexity index is 318. The average Bonchev–Trinajstić information content (AvgIpc) is 2.75. The summed E-state index contributed by atoms with van der Waals surface area (Å²) in [4.78, 5) is 4.40. The molecule has 1 N–H and O–H groups in total. The Morgan fingerprint density at radius 1 is 1.67 bits per heavy atom. The Kier molecular flexibility index (Phi) is 3.10. The minimum atomic E-state index is 0.415. The first kappa shape index (κ1) is 10.7. The van der Waals surface area contributed by atoms with E-state index in [-0.39, 0.29) is 0 Å². The third-order valence-electron chi connectivity index (χ3n) is 3.48. The molecule has 0 aromatic carbocycles. The van der Waals surface area contributed by atoms with E-state index in [4.69, 9.17) is 0 Å². The van der Waals surface area contributed by atoms with Crippen LogP contribution >= 0.6 is 0 Å². The molecule has 1 aromatic heterocycles. The number of imidazole rings is 1. The second-order valence-corrected chi connectivity index (χ2v) is 4.74. The maximum atomic E-state index is 4.40. The Hall–Kier alpha value is -0.830. The molecule has 3 nitrogen and oxygen atoms in total. The number of nitrogens with zero attached hydrogens (tertiary/aromatic N) is 2. The van der Waals surface area contributed by atoms with Crippen molar-refractivity contribution in [2.24, 2.45) is 18.9 Å². The van der Waals surface area contributed by atoms with E-state index >= 15 is 0 Å². The summed E-state index contributed by atoms with van der Waals surface area (Å²) in [6, 6.07) is 0.415. The maximum absolute atomic E-state index is 4.40. The van der Waals surface area contributed by atoms with Gasteiger partial charge in [-0.3, -0.25) is 0 Å². The lowest BCUT2D eigenvalue weighted by Gasteiger charge is -2.16. The summed E-state index contributed by atoms with van der Waals surface area (Å²) in [7, 11) is 2.06. The van der Waals surface area contributed by atoms with Gasteiger partial charge in [-0.05, 0) is 31.2 Å². The summed E-state index contributed by atoms with van der Waals surface area (Å²) in [5, 5.41) is 3.62. The van der Waals surface area contributed by atoms with Gasteiger partial charge in [0.25, 0.3) is 0 Å². The standard InChI is InChI=1S/C12H21N3/c1-4-11(12-13-5-6-15(12)3)14-8-10-7-9(10)2/h5-6,9-11,14H,4,7-8H2,1-3H3. The van der Waals surface area contributed by atoms with Gasteiger partial charge in [0.05, 0.1) is 6.04 Å². The molecule has 1 fully saturated rings. The average molecular weight is 207 g/mol. The Morgan fingerprint density at radius 2 is 2.40 bits per heavy atom. The maximum Gasteiger partial charge on any atom is 0.125 e. The van der Waals surface area contributed by atoms with Crippen LogP contribution in [0.1, 0.15) is 38.6 Å². The van der Waals surface area contributed by atoms with Crippen molar-refractivity contribution < 1.29 is 0 Å². The molecule has 1 saturated carbocycles. The second kappa shape index (κ2) is 4.35. The lowest BCUT2D eigenvalue weighted by Crippen LogP contribution is -2.25. The molecule has 0 spiro atoms. The molecule has 3 unspecified atom stereocenters. The van der Waals surface area contributed by atoms with Gasteiger partial charge in [0.15, 0.2) is 0 Å². The molecule has 0 radical (unpaired) electrons. The molecule has 15 heavy (non-hydrogen) atoms. The molecule has 2 rings (SSSR count). The van der Waals surface area contributed by atoms with E-state index in [0.29, 0.717) is 6.04 Å². The molecule has 3 atom stereocenters. The molecule has 1 aliphatic carbocycles. The fourth-order valence-corrected chi connectivity index (χ4v) is 2.11. The lowest BCUT2D eigenvalue weighted by molar-refractivity contribution is 0.463. The van der Waals surface area contributed by atoms with E-state index in [1.165, 1.54) is 6.42 Å². The quantitative estimate of drug-likeness (QED) is 0.801. The summed E-state index contributed by atoms with van der Waals surface area (Å²) in [6.07, 6.45) is 6.38. The van der Waals surface area contributed by atoms with Gasteiger partial charge in [0.1, 0.15) is 5.82 Å². The first-order valence-corrected chi connectivity index (χ1v) is 5.93. The molecule has 0 aliphatic heterocycles. The van der Waals surface area contributed by atoms with Crippen molar-refractivity contribution in [2.75, 3.05) is 6.54 Å². The topological polar surface area (TPSA) is 29.9 Å². The number of nitrogens with one attached hydrogen (secondary N) is 1. The minimum absolute atomic E-state index is 0.415. The van der Waals surface area contributed by atoms with E-state index in [1.54, 1.807) is 0 Å². The highest BCUT2D eigenvalue weighted by Gasteiger charge is 2.32. The van der Waals surface area contributed by atoms with Crippen LogP contribution in [0.2, 0.25) is 0 Å². The summed E-state index contributed by atoms with van der Waals surface area (Å²) in [5.41, 5.74) is 0. The van der Waals surface area contributed by atoms with Crippen LogP contribution in [-0.4, -0.2) is 16.1 Å². The van der Waals surface area contributed by atoms with Gasteiger partial charge in [-0.15, -0.1) is 0 Å². The number of hydrogen-bond donors (Lipinski definition) is 1. The highest BCUT2D eigenvalue weighted by molar-refractivity contribution is 4.99. The van der Waals surface area contributed by atoms with Gasteiger partial charge in [-0.25, -0.2) is 4.98 Å². The van der Waals surface area contributed by atoms with Crippen molar-refractivity contribution in [1.82, 2.24) is 14.9 Å². The van der Waals surface area contributed by atoms with Crippen LogP contribution in [0.3, 0.4) is 0 Å². The third kappa shape index (κ3) is 2.40. The SMILES string of the molecule is CCC(NCC1CC1C)c1nccn1C. The minimum Gasteiger partial charge on any atom is -0.337 e.